The third kappa shape index (κ3) is 4.24. The van der Waals surface area contributed by atoms with Crippen molar-refractivity contribution >= 4 is 52.1 Å². The van der Waals surface area contributed by atoms with Crippen LogP contribution in [0.5, 0.6) is 0 Å². The molecule has 2 aromatic rings. The van der Waals surface area contributed by atoms with Crippen molar-refractivity contribution < 1.29 is 9.18 Å². The van der Waals surface area contributed by atoms with E-state index in [4.69, 9.17) is 34.8 Å². The molecule has 0 aliphatic carbocycles. The molecule has 1 amide bonds. The van der Waals surface area contributed by atoms with Crippen LogP contribution in [0.4, 0.5) is 15.8 Å². The summed E-state index contributed by atoms with van der Waals surface area (Å²) in [6.07, 6.45) is 0. The van der Waals surface area contributed by atoms with Gasteiger partial charge >= 0.3 is 0 Å². The molecule has 2 N–H and O–H groups in total. The van der Waals surface area contributed by atoms with Crippen molar-refractivity contribution in [1.29, 1.82) is 0 Å². The van der Waals surface area contributed by atoms with E-state index >= 15 is 0 Å². The molecule has 0 bridgehead atoms. The summed E-state index contributed by atoms with van der Waals surface area (Å²) in [6, 6.07) is 9.03. The highest BCUT2D eigenvalue weighted by Crippen LogP contribution is 2.29. The van der Waals surface area contributed by atoms with Crippen LogP contribution in [0, 0.1) is 5.82 Å². The van der Waals surface area contributed by atoms with Crippen molar-refractivity contribution in [2.75, 3.05) is 17.2 Å². The van der Waals surface area contributed by atoms with Gasteiger partial charge in [0.15, 0.2) is 0 Å². The van der Waals surface area contributed by atoms with Crippen LogP contribution in [0.1, 0.15) is 0 Å². The molecular weight excluding hydrogens is 338 g/mol. The molecule has 0 radical (unpaired) electrons. The lowest BCUT2D eigenvalue weighted by Crippen LogP contribution is -2.22. The second-order valence-electron chi connectivity index (χ2n) is 4.13. The Labute approximate surface area is 136 Å². The third-order valence-corrected chi connectivity index (χ3v) is 3.65. The highest BCUT2D eigenvalue weighted by atomic mass is 35.5. The minimum Gasteiger partial charge on any atom is -0.375 e. The number of amides is 1. The van der Waals surface area contributed by atoms with E-state index in [0.29, 0.717) is 15.7 Å². The molecule has 0 atom stereocenters. The molecule has 0 saturated carbocycles. The van der Waals surface area contributed by atoms with Crippen LogP contribution in [-0.2, 0) is 4.79 Å². The summed E-state index contributed by atoms with van der Waals surface area (Å²) in [5, 5.41) is 6.22. The van der Waals surface area contributed by atoms with Crippen LogP contribution < -0.4 is 10.6 Å². The second-order valence-corrected chi connectivity index (χ2v) is 5.35. The minimum atomic E-state index is -0.600. The number of rotatable bonds is 4. The van der Waals surface area contributed by atoms with Gasteiger partial charge in [0, 0.05) is 5.02 Å². The Balaban J connectivity index is 1.97. The van der Waals surface area contributed by atoms with E-state index in [-0.39, 0.29) is 17.3 Å². The molecule has 0 fully saturated rings. The number of hydrogen-bond acceptors (Lipinski definition) is 2. The van der Waals surface area contributed by atoms with Crippen molar-refractivity contribution in [2.45, 2.75) is 0 Å². The van der Waals surface area contributed by atoms with Crippen molar-refractivity contribution in [3.05, 3.63) is 57.3 Å². The number of nitrogens with one attached hydrogen (secondary N) is 2. The molecule has 0 aliphatic heterocycles. The van der Waals surface area contributed by atoms with Gasteiger partial charge in [0.25, 0.3) is 0 Å². The minimum absolute atomic E-state index is 0.0587. The van der Waals surface area contributed by atoms with Gasteiger partial charge in [-0.3, -0.25) is 4.79 Å². The van der Waals surface area contributed by atoms with Gasteiger partial charge in [-0.05, 0) is 30.3 Å². The Morgan fingerprint density at radius 1 is 1.10 bits per heavy atom. The fraction of sp³-hybridized carbons (Fsp3) is 0.0714. The van der Waals surface area contributed by atoms with Crippen LogP contribution >= 0.6 is 34.8 Å². The molecular formula is C14H10Cl3FN2O. The Bertz CT molecular complexity index is 679. The molecule has 2 rings (SSSR count). The number of benzene rings is 2. The fourth-order valence-electron chi connectivity index (χ4n) is 1.60. The Morgan fingerprint density at radius 3 is 2.57 bits per heavy atom. The van der Waals surface area contributed by atoms with Gasteiger partial charge in [-0.25, -0.2) is 4.39 Å². The predicted molar refractivity (Wildman–Crippen MR) is 85.0 cm³/mol. The summed E-state index contributed by atoms with van der Waals surface area (Å²) in [7, 11) is 0. The van der Waals surface area contributed by atoms with E-state index in [2.05, 4.69) is 10.6 Å². The molecule has 110 valence electrons. The molecule has 21 heavy (non-hydrogen) atoms. The number of anilines is 2. The first-order valence-electron chi connectivity index (χ1n) is 5.90. The summed E-state index contributed by atoms with van der Waals surface area (Å²) in [5.41, 5.74) is 0.583. The van der Waals surface area contributed by atoms with Gasteiger partial charge in [-0.2, -0.15) is 0 Å². The summed E-state index contributed by atoms with van der Waals surface area (Å²) in [4.78, 5) is 11.8. The molecule has 2 aromatic carbocycles. The van der Waals surface area contributed by atoms with Crippen molar-refractivity contribution in [1.82, 2.24) is 0 Å². The SMILES string of the molecule is O=C(CNc1cccc(Cl)c1Cl)Nc1ccc(Cl)cc1F. The second kappa shape index (κ2) is 6.98. The zero-order valence-electron chi connectivity index (χ0n) is 10.6. The van der Waals surface area contributed by atoms with Crippen LogP contribution in [0.3, 0.4) is 0 Å². The maximum Gasteiger partial charge on any atom is 0.243 e. The molecule has 0 heterocycles. The lowest BCUT2D eigenvalue weighted by Gasteiger charge is -2.10. The Morgan fingerprint density at radius 2 is 1.86 bits per heavy atom. The highest BCUT2D eigenvalue weighted by Gasteiger charge is 2.09. The van der Waals surface area contributed by atoms with Gasteiger partial charge in [-0.15, -0.1) is 0 Å². The monoisotopic (exact) mass is 346 g/mol. The van der Waals surface area contributed by atoms with Crippen molar-refractivity contribution in [3.63, 3.8) is 0 Å². The van der Waals surface area contributed by atoms with Crippen LogP contribution in [0.15, 0.2) is 36.4 Å². The molecule has 0 aromatic heterocycles. The lowest BCUT2D eigenvalue weighted by atomic mass is 10.3. The largest absolute Gasteiger partial charge is 0.375 e. The number of carbonyl (C=O) groups excluding carboxylic acids is 1. The van der Waals surface area contributed by atoms with Crippen LogP contribution in [-0.4, -0.2) is 12.5 Å². The molecule has 7 heteroatoms. The maximum absolute atomic E-state index is 13.5. The van der Waals surface area contributed by atoms with E-state index in [1.165, 1.54) is 12.1 Å². The van der Waals surface area contributed by atoms with E-state index < -0.39 is 11.7 Å². The number of carbonyl (C=O) groups is 1. The number of hydrogen-bond donors (Lipinski definition) is 2. The standard InChI is InChI=1S/C14H10Cl3FN2O/c15-8-4-5-11(10(18)6-8)20-13(21)7-19-12-3-1-2-9(16)14(12)17/h1-6,19H,7H2,(H,20,21). The van der Waals surface area contributed by atoms with Crippen molar-refractivity contribution in [2.24, 2.45) is 0 Å². The summed E-state index contributed by atoms with van der Waals surface area (Å²) >= 11 is 17.5. The van der Waals surface area contributed by atoms with E-state index in [0.717, 1.165) is 6.07 Å². The summed E-state index contributed by atoms with van der Waals surface area (Å²) < 4.78 is 13.5. The van der Waals surface area contributed by atoms with Gasteiger partial charge in [0.1, 0.15) is 5.82 Å². The maximum atomic E-state index is 13.5. The molecule has 0 unspecified atom stereocenters. The average Bonchev–Trinajstić information content (AvgIpc) is 2.43. The molecule has 0 aliphatic rings. The molecule has 0 spiro atoms. The fourth-order valence-corrected chi connectivity index (χ4v) is 2.13. The van der Waals surface area contributed by atoms with Crippen LogP contribution in [0.25, 0.3) is 0 Å². The first-order valence-corrected chi connectivity index (χ1v) is 7.03. The molecule has 3 nitrogen and oxygen atoms in total. The molecule has 0 saturated heterocycles. The van der Waals surface area contributed by atoms with Crippen molar-refractivity contribution in [3.8, 4) is 0 Å². The van der Waals surface area contributed by atoms with Gasteiger partial charge < -0.3 is 10.6 Å². The predicted octanol–water partition coefficient (Wildman–Crippen LogP) is 4.84. The van der Waals surface area contributed by atoms with E-state index in [1.54, 1.807) is 18.2 Å². The van der Waals surface area contributed by atoms with E-state index in [9.17, 15) is 9.18 Å². The summed E-state index contributed by atoms with van der Waals surface area (Å²) in [5.74, 6) is -1.02. The third-order valence-electron chi connectivity index (χ3n) is 2.60. The average molecular weight is 348 g/mol. The Kier molecular flexibility index (Phi) is 5.28. The lowest BCUT2D eigenvalue weighted by molar-refractivity contribution is -0.114. The normalized spacial score (nSPS) is 10.3. The van der Waals surface area contributed by atoms with Gasteiger partial charge in [0.05, 0.1) is 28.0 Å². The van der Waals surface area contributed by atoms with Crippen LogP contribution in [0.2, 0.25) is 15.1 Å². The zero-order valence-corrected chi connectivity index (χ0v) is 12.9. The highest BCUT2D eigenvalue weighted by molar-refractivity contribution is 6.43. The van der Waals surface area contributed by atoms with Gasteiger partial charge in [-0.1, -0.05) is 40.9 Å². The smallest absolute Gasteiger partial charge is 0.243 e. The first-order chi connectivity index (χ1) is 9.97. The quantitative estimate of drug-likeness (QED) is 0.831. The van der Waals surface area contributed by atoms with Gasteiger partial charge in [0.2, 0.25) is 5.91 Å². The zero-order chi connectivity index (χ0) is 15.4. The topological polar surface area (TPSA) is 41.1 Å². The first kappa shape index (κ1) is 15.9. The van der Waals surface area contributed by atoms with E-state index in [1.807, 2.05) is 0 Å². The summed E-state index contributed by atoms with van der Waals surface area (Å²) in [6.45, 7) is -0.0812. The Hall–Kier alpha value is -1.49. The number of halogens is 4.